The summed E-state index contributed by atoms with van der Waals surface area (Å²) in [7, 11) is 0. The highest BCUT2D eigenvalue weighted by Gasteiger charge is 2.13. The molecule has 0 bridgehead atoms. The topological polar surface area (TPSA) is 49.3 Å². The molecule has 0 heterocycles. The fourth-order valence-electron chi connectivity index (χ4n) is 1.96. The molecule has 1 unspecified atom stereocenters. The summed E-state index contributed by atoms with van der Waals surface area (Å²) in [5.74, 6) is -0.307. The maximum absolute atomic E-state index is 12.2. The fourth-order valence-corrected chi connectivity index (χ4v) is 1.96. The van der Waals surface area contributed by atoms with Gasteiger partial charge in [-0.25, -0.2) is 0 Å². The summed E-state index contributed by atoms with van der Waals surface area (Å²) < 4.78 is 0. The van der Waals surface area contributed by atoms with Crippen molar-refractivity contribution in [3.63, 3.8) is 0 Å². The van der Waals surface area contributed by atoms with Crippen LogP contribution in [-0.2, 0) is 4.79 Å². The van der Waals surface area contributed by atoms with Gasteiger partial charge in [0.25, 0.3) is 5.91 Å². The average molecular weight is 293 g/mol. The van der Waals surface area contributed by atoms with Crippen LogP contribution < -0.4 is 5.32 Å². The van der Waals surface area contributed by atoms with Gasteiger partial charge in [-0.3, -0.25) is 4.79 Å². The second kappa shape index (κ2) is 7.96. The van der Waals surface area contributed by atoms with E-state index in [1.807, 2.05) is 54.6 Å². The molecule has 0 saturated heterocycles. The standard InChI is InChI=1S/C19H19NO2/c1-15(21)18(14-8-11-16-9-4-2-5-10-16)19(22)20-17-12-6-3-7-13-17/h2-15,21H,1H3,(H,20,22)/b11-8+,18-14-. The summed E-state index contributed by atoms with van der Waals surface area (Å²) >= 11 is 0. The van der Waals surface area contributed by atoms with E-state index >= 15 is 0 Å². The molecule has 1 amide bonds. The van der Waals surface area contributed by atoms with Gasteiger partial charge < -0.3 is 10.4 Å². The normalized spacial score (nSPS) is 13.1. The average Bonchev–Trinajstić information content (AvgIpc) is 2.53. The molecule has 0 radical (unpaired) electrons. The van der Waals surface area contributed by atoms with E-state index in [-0.39, 0.29) is 5.91 Å². The first-order valence-corrected chi connectivity index (χ1v) is 7.14. The number of aliphatic hydroxyl groups excluding tert-OH is 1. The fraction of sp³-hybridized carbons (Fsp3) is 0.105. The van der Waals surface area contributed by atoms with Gasteiger partial charge in [-0.1, -0.05) is 66.8 Å². The van der Waals surface area contributed by atoms with Crippen molar-refractivity contribution >= 4 is 17.7 Å². The van der Waals surface area contributed by atoms with Crippen LogP contribution in [0.25, 0.3) is 6.08 Å². The van der Waals surface area contributed by atoms with E-state index in [0.29, 0.717) is 11.3 Å². The molecule has 2 aromatic carbocycles. The number of anilines is 1. The molecule has 0 aliphatic carbocycles. The highest BCUT2D eigenvalue weighted by molar-refractivity contribution is 6.04. The first-order chi connectivity index (χ1) is 10.7. The second-order valence-electron chi connectivity index (χ2n) is 4.89. The van der Waals surface area contributed by atoms with Crippen molar-refractivity contribution < 1.29 is 9.90 Å². The van der Waals surface area contributed by atoms with Crippen LogP contribution >= 0.6 is 0 Å². The van der Waals surface area contributed by atoms with Crippen LogP contribution in [0.2, 0.25) is 0 Å². The van der Waals surface area contributed by atoms with E-state index in [1.165, 1.54) is 0 Å². The predicted octanol–water partition coefficient (Wildman–Crippen LogP) is 3.65. The lowest BCUT2D eigenvalue weighted by molar-refractivity contribution is -0.113. The maximum Gasteiger partial charge on any atom is 0.254 e. The summed E-state index contributed by atoms with van der Waals surface area (Å²) in [5.41, 5.74) is 2.05. The van der Waals surface area contributed by atoms with Gasteiger partial charge in [-0.15, -0.1) is 0 Å². The van der Waals surface area contributed by atoms with E-state index in [1.54, 1.807) is 31.2 Å². The Hall–Kier alpha value is -2.65. The van der Waals surface area contributed by atoms with Gasteiger partial charge in [0, 0.05) is 11.3 Å². The van der Waals surface area contributed by atoms with E-state index in [4.69, 9.17) is 0 Å². The van der Waals surface area contributed by atoms with Crippen LogP contribution in [0.15, 0.2) is 78.4 Å². The Bertz CT molecular complexity index is 658. The lowest BCUT2D eigenvalue weighted by Gasteiger charge is -2.10. The highest BCUT2D eigenvalue weighted by Crippen LogP contribution is 2.11. The highest BCUT2D eigenvalue weighted by atomic mass is 16.3. The molecule has 2 N–H and O–H groups in total. The molecular formula is C19H19NO2. The Morgan fingerprint density at radius 1 is 1.05 bits per heavy atom. The summed E-state index contributed by atoms with van der Waals surface area (Å²) in [6, 6.07) is 18.9. The van der Waals surface area contributed by atoms with Crippen molar-refractivity contribution in [3.8, 4) is 0 Å². The number of rotatable bonds is 5. The predicted molar refractivity (Wildman–Crippen MR) is 90.3 cm³/mol. The number of hydrogen-bond donors (Lipinski definition) is 2. The van der Waals surface area contributed by atoms with E-state index < -0.39 is 6.10 Å². The number of para-hydroxylation sites is 1. The zero-order chi connectivity index (χ0) is 15.8. The number of benzene rings is 2. The van der Waals surface area contributed by atoms with Gasteiger partial charge in [0.1, 0.15) is 0 Å². The van der Waals surface area contributed by atoms with Crippen molar-refractivity contribution in [2.75, 3.05) is 5.32 Å². The van der Waals surface area contributed by atoms with Gasteiger partial charge in [0.2, 0.25) is 0 Å². The van der Waals surface area contributed by atoms with E-state index in [0.717, 1.165) is 5.56 Å². The summed E-state index contributed by atoms with van der Waals surface area (Å²) in [5, 5.41) is 12.6. The van der Waals surface area contributed by atoms with E-state index in [9.17, 15) is 9.90 Å². The van der Waals surface area contributed by atoms with Crippen molar-refractivity contribution in [2.45, 2.75) is 13.0 Å². The minimum absolute atomic E-state index is 0.307. The lowest BCUT2D eigenvalue weighted by atomic mass is 10.1. The Balaban J connectivity index is 2.10. The Morgan fingerprint density at radius 2 is 1.64 bits per heavy atom. The van der Waals surface area contributed by atoms with Gasteiger partial charge in [-0.05, 0) is 24.6 Å². The maximum atomic E-state index is 12.2. The smallest absolute Gasteiger partial charge is 0.254 e. The monoisotopic (exact) mass is 293 g/mol. The summed E-state index contributed by atoms with van der Waals surface area (Å²) in [4.78, 5) is 12.2. The number of carbonyl (C=O) groups is 1. The third-order valence-electron chi connectivity index (χ3n) is 3.11. The molecule has 0 aliphatic rings. The molecule has 1 atom stereocenters. The molecule has 0 fully saturated rings. The second-order valence-corrected chi connectivity index (χ2v) is 4.89. The number of carbonyl (C=O) groups excluding carboxylic acids is 1. The molecule has 2 rings (SSSR count). The molecule has 3 nitrogen and oxygen atoms in total. The number of allylic oxidation sites excluding steroid dienone is 2. The summed E-state index contributed by atoms with van der Waals surface area (Å²) in [6.07, 6.45) is 4.44. The molecule has 2 aromatic rings. The zero-order valence-electron chi connectivity index (χ0n) is 12.4. The Morgan fingerprint density at radius 3 is 2.23 bits per heavy atom. The van der Waals surface area contributed by atoms with Crippen molar-refractivity contribution in [2.24, 2.45) is 0 Å². The number of amides is 1. The van der Waals surface area contributed by atoms with Crippen LogP contribution in [-0.4, -0.2) is 17.1 Å². The Kier molecular flexibility index (Phi) is 5.69. The minimum atomic E-state index is -0.843. The zero-order valence-corrected chi connectivity index (χ0v) is 12.4. The number of aliphatic hydroxyl groups is 1. The minimum Gasteiger partial charge on any atom is -0.388 e. The molecule has 112 valence electrons. The number of hydrogen-bond acceptors (Lipinski definition) is 2. The largest absolute Gasteiger partial charge is 0.388 e. The summed E-state index contributed by atoms with van der Waals surface area (Å²) in [6.45, 7) is 1.58. The molecule has 0 aromatic heterocycles. The van der Waals surface area contributed by atoms with Crippen LogP contribution in [0.5, 0.6) is 0 Å². The van der Waals surface area contributed by atoms with Crippen molar-refractivity contribution in [1.82, 2.24) is 0 Å². The molecule has 0 spiro atoms. The third-order valence-corrected chi connectivity index (χ3v) is 3.11. The van der Waals surface area contributed by atoms with Gasteiger partial charge >= 0.3 is 0 Å². The van der Waals surface area contributed by atoms with Crippen LogP contribution in [0.4, 0.5) is 5.69 Å². The van der Waals surface area contributed by atoms with Gasteiger partial charge in [-0.2, -0.15) is 0 Å². The Labute approximate surface area is 130 Å². The quantitative estimate of drug-likeness (QED) is 0.653. The van der Waals surface area contributed by atoms with Crippen molar-refractivity contribution in [3.05, 3.63) is 84.0 Å². The molecule has 22 heavy (non-hydrogen) atoms. The molecule has 3 heteroatoms. The first kappa shape index (κ1) is 15.7. The third kappa shape index (κ3) is 4.72. The van der Waals surface area contributed by atoms with Gasteiger partial charge in [0.15, 0.2) is 0 Å². The molecule has 0 saturated carbocycles. The SMILES string of the molecule is CC(O)/C(=C/C=C/c1ccccc1)C(=O)Nc1ccccc1. The lowest BCUT2D eigenvalue weighted by Crippen LogP contribution is -2.21. The van der Waals surface area contributed by atoms with Crippen LogP contribution in [0, 0.1) is 0 Å². The van der Waals surface area contributed by atoms with E-state index in [2.05, 4.69) is 5.32 Å². The number of nitrogens with one attached hydrogen (secondary N) is 1. The van der Waals surface area contributed by atoms with Crippen LogP contribution in [0.1, 0.15) is 12.5 Å². The van der Waals surface area contributed by atoms with Gasteiger partial charge in [0.05, 0.1) is 6.10 Å². The molecular weight excluding hydrogens is 274 g/mol. The van der Waals surface area contributed by atoms with Crippen LogP contribution in [0.3, 0.4) is 0 Å². The van der Waals surface area contributed by atoms with Crippen molar-refractivity contribution in [1.29, 1.82) is 0 Å². The first-order valence-electron chi connectivity index (χ1n) is 7.14. The molecule has 0 aliphatic heterocycles.